The number of halogens is 2. The monoisotopic (exact) mass is 246 g/mol. The molecule has 0 rings (SSSR count). The van der Waals surface area contributed by atoms with Crippen LogP contribution in [0.3, 0.4) is 0 Å². The number of hydrogen-bond donors (Lipinski definition) is 1. The van der Waals surface area contributed by atoms with Gasteiger partial charge in [-0.3, -0.25) is 9.35 Å². The highest BCUT2D eigenvalue weighted by Crippen LogP contribution is 2.24. The SMILES string of the molecule is CC(C)C(=O)OCCC(F)(F)S(=O)(=O)O. The van der Waals surface area contributed by atoms with Gasteiger partial charge in [-0.05, 0) is 0 Å². The summed E-state index contributed by atoms with van der Waals surface area (Å²) in [6.07, 6.45) is -1.26. The summed E-state index contributed by atoms with van der Waals surface area (Å²) in [6.45, 7) is 2.25. The molecule has 0 fully saturated rings. The lowest BCUT2D eigenvalue weighted by Gasteiger charge is -2.13. The maximum atomic E-state index is 12.6. The van der Waals surface area contributed by atoms with Crippen molar-refractivity contribution >= 4 is 16.1 Å². The minimum atomic E-state index is -5.45. The van der Waals surface area contributed by atoms with Crippen molar-refractivity contribution in [1.29, 1.82) is 0 Å². The first-order chi connectivity index (χ1) is 6.58. The fraction of sp³-hybridized carbons (Fsp3) is 0.857. The van der Waals surface area contributed by atoms with Crippen LogP contribution in [-0.2, 0) is 19.6 Å². The Labute approximate surface area is 86.2 Å². The molecule has 0 spiro atoms. The number of hydrogen-bond acceptors (Lipinski definition) is 4. The Morgan fingerprint density at radius 2 is 1.93 bits per heavy atom. The fourth-order valence-corrected chi connectivity index (χ4v) is 0.907. The standard InChI is InChI=1S/C7H12F2O5S/c1-5(2)6(10)14-4-3-7(8,9)15(11,12)13/h5H,3-4H2,1-2H3,(H,11,12,13). The Morgan fingerprint density at radius 3 is 2.27 bits per heavy atom. The summed E-state index contributed by atoms with van der Waals surface area (Å²) in [5.41, 5.74) is 0. The molecule has 0 amide bonds. The lowest BCUT2D eigenvalue weighted by Crippen LogP contribution is -2.30. The molecule has 8 heteroatoms. The van der Waals surface area contributed by atoms with Gasteiger partial charge in [-0.1, -0.05) is 13.8 Å². The van der Waals surface area contributed by atoms with Gasteiger partial charge in [0.1, 0.15) is 0 Å². The maximum Gasteiger partial charge on any atom is 0.373 e. The van der Waals surface area contributed by atoms with E-state index >= 15 is 0 Å². The van der Waals surface area contributed by atoms with Crippen molar-refractivity contribution in [3.05, 3.63) is 0 Å². The highest BCUT2D eigenvalue weighted by Gasteiger charge is 2.43. The van der Waals surface area contributed by atoms with Crippen LogP contribution in [0.1, 0.15) is 20.3 Å². The number of esters is 1. The topological polar surface area (TPSA) is 80.7 Å². The van der Waals surface area contributed by atoms with Crippen molar-refractivity contribution < 1.29 is 31.3 Å². The Balaban J connectivity index is 4.14. The molecule has 0 aliphatic heterocycles. The number of rotatable bonds is 5. The molecule has 0 aromatic rings. The Morgan fingerprint density at radius 1 is 1.47 bits per heavy atom. The van der Waals surface area contributed by atoms with Crippen LogP contribution in [0.5, 0.6) is 0 Å². The minimum absolute atomic E-state index is 0.482. The Bertz CT molecular complexity index is 322. The van der Waals surface area contributed by atoms with Crippen molar-refractivity contribution in [2.75, 3.05) is 6.61 Å². The third-order valence-corrected chi connectivity index (χ3v) is 2.45. The molecule has 0 heterocycles. The molecule has 5 nitrogen and oxygen atoms in total. The second-order valence-electron chi connectivity index (χ2n) is 3.18. The molecular formula is C7H12F2O5S. The summed E-state index contributed by atoms with van der Waals surface area (Å²) in [6, 6.07) is 0. The summed E-state index contributed by atoms with van der Waals surface area (Å²) in [7, 11) is -5.45. The molecule has 1 N–H and O–H groups in total. The predicted octanol–water partition coefficient (Wildman–Crippen LogP) is 1.06. The first kappa shape index (κ1) is 14.2. The predicted molar refractivity (Wildman–Crippen MR) is 46.9 cm³/mol. The highest BCUT2D eigenvalue weighted by atomic mass is 32.2. The summed E-state index contributed by atoms with van der Waals surface area (Å²) in [5, 5.41) is -4.29. The fourth-order valence-electron chi connectivity index (χ4n) is 0.566. The van der Waals surface area contributed by atoms with Gasteiger partial charge in [0.15, 0.2) is 0 Å². The van der Waals surface area contributed by atoms with Crippen LogP contribution in [0.4, 0.5) is 8.78 Å². The van der Waals surface area contributed by atoms with Crippen LogP contribution >= 0.6 is 0 Å². The van der Waals surface area contributed by atoms with Crippen LogP contribution in [0, 0.1) is 5.92 Å². The van der Waals surface area contributed by atoms with E-state index in [1.54, 1.807) is 0 Å². The molecule has 0 saturated carbocycles. The second kappa shape index (κ2) is 4.84. The van der Waals surface area contributed by atoms with Gasteiger partial charge in [0.25, 0.3) is 0 Å². The van der Waals surface area contributed by atoms with E-state index in [1.807, 2.05) is 0 Å². The summed E-state index contributed by atoms with van der Waals surface area (Å²) in [4.78, 5) is 10.8. The summed E-state index contributed by atoms with van der Waals surface area (Å²) in [5.74, 6) is -1.19. The van der Waals surface area contributed by atoms with Crippen LogP contribution < -0.4 is 0 Å². The van der Waals surface area contributed by atoms with Gasteiger partial charge in [-0.15, -0.1) is 0 Å². The van der Waals surface area contributed by atoms with E-state index in [2.05, 4.69) is 4.74 Å². The number of alkyl halides is 2. The quantitative estimate of drug-likeness (QED) is 0.579. The smallest absolute Gasteiger partial charge is 0.373 e. The summed E-state index contributed by atoms with van der Waals surface area (Å²) < 4.78 is 57.8. The van der Waals surface area contributed by atoms with E-state index in [-0.39, 0.29) is 0 Å². The Kier molecular flexibility index (Phi) is 4.60. The lowest BCUT2D eigenvalue weighted by atomic mass is 10.2. The molecule has 15 heavy (non-hydrogen) atoms. The zero-order valence-electron chi connectivity index (χ0n) is 8.24. The molecular weight excluding hydrogens is 234 g/mol. The Hall–Kier alpha value is -0.760. The van der Waals surface area contributed by atoms with Crippen LogP contribution in [0.15, 0.2) is 0 Å². The molecule has 90 valence electrons. The third-order valence-electron chi connectivity index (χ3n) is 1.49. The van der Waals surface area contributed by atoms with Gasteiger partial charge in [-0.25, -0.2) is 0 Å². The van der Waals surface area contributed by atoms with Crippen LogP contribution in [-0.4, -0.2) is 30.8 Å². The van der Waals surface area contributed by atoms with Crippen molar-refractivity contribution in [3.63, 3.8) is 0 Å². The average molecular weight is 246 g/mol. The van der Waals surface area contributed by atoms with Gasteiger partial charge in [0, 0.05) is 0 Å². The van der Waals surface area contributed by atoms with E-state index in [4.69, 9.17) is 4.55 Å². The largest absolute Gasteiger partial charge is 0.465 e. The molecule has 0 aromatic heterocycles. The van der Waals surface area contributed by atoms with E-state index in [9.17, 15) is 22.0 Å². The van der Waals surface area contributed by atoms with Gasteiger partial charge < -0.3 is 4.74 Å². The lowest BCUT2D eigenvalue weighted by molar-refractivity contribution is -0.148. The molecule has 0 aliphatic rings. The van der Waals surface area contributed by atoms with Crippen molar-refractivity contribution in [3.8, 4) is 0 Å². The number of carbonyl (C=O) groups is 1. The molecule has 0 aliphatic carbocycles. The van der Waals surface area contributed by atoms with E-state index in [1.165, 1.54) is 13.8 Å². The highest BCUT2D eigenvalue weighted by molar-refractivity contribution is 7.86. The normalized spacial score (nSPS) is 12.9. The van der Waals surface area contributed by atoms with Crippen molar-refractivity contribution in [2.45, 2.75) is 25.5 Å². The summed E-state index contributed by atoms with van der Waals surface area (Å²) >= 11 is 0. The molecule has 0 aromatic carbocycles. The molecule has 0 radical (unpaired) electrons. The van der Waals surface area contributed by atoms with Gasteiger partial charge in [0.05, 0.1) is 18.9 Å². The maximum absolute atomic E-state index is 12.6. The van der Waals surface area contributed by atoms with Gasteiger partial charge in [-0.2, -0.15) is 17.2 Å². The average Bonchev–Trinajstić information content (AvgIpc) is 2.01. The van der Waals surface area contributed by atoms with Gasteiger partial charge >= 0.3 is 21.3 Å². The second-order valence-corrected chi connectivity index (χ2v) is 4.73. The third kappa shape index (κ3) is 4.52. The van der Waals surface area contributed by atoms with E-state index in [0.29, 0.717) is 0 Å². The minimum Gasteiger partial charge on any atom is -0.465 e. The number of carbonyl (C=O) groups excluding carboxylic acids is 1. The van der Waals surface area contributed by atoms with Crippen molar-refractivity contribution in [2.24, 2.45) is 5.92 Å². The van der Waals surface area contributed by atoms with Gasteiger partial charge in [0.2, 0.25) is 0 Å². The zero-order valence-corrected chi connectivity index (χ0v) is 9.05. The first-order valence-corrected chi connectivity index (χ1v) is 5.53. The van der Waals surface area contributed by atoms with Crippen LogP contribution in [0.25, 0.3) is 0 Å². The zero-order chi connectivity index (χ0) is 12.3. The molecule has 0 saturated heterocycles. The van der Waals surface area contributed by atoms with Crippen LogP contribution in [0.2, 0.25) is 0 Å². The molecule has 0 unspecified atom stereocenters. The van der Waals surface area contributed by atoms with E-state index in [0.717, 1.165) is 0 Å². The number of ether oxygens (including phenoxy) is 1. The van der Waals surface area contributed by atoms with E-state index < -0.39 is 40.3 Å². The molecule has 0 bridgehead atoms. The van der Waals surface area contributed by atoms with Crippen molar-refractivity contribution in [1.82, 2.24) is 0 Å². The molecule has 0 atom stereocenters. The first-order valence-electron chi connectivity index (χ1n) is 4.09.